The van der Waals surface area contributed by atoms with Crippen molar-refractivity contribution in [2.75, 3.05) is 18.5 Å². The third kappa shape index (κ3) is 7.29. The van der Waals surface area contributed by atoms with Crippen LogP contribution in [-0.4, -0.2) is 52.7 Å². The Morgan fingerprint density at radius 2 is 1.54 bits per heavy atom. The molecule has 2 rings (SSSR count). The number of ether oxygens (including phenoxy) is 1. The fraction of sp³-hybridized carbons (Fsp3) is 0.444. The minimum absolute atomic E-state index is 0.172. The number of anilines is 1. The van der Waals surface area contributed by atoms with Crippen LogP contribution < -0.4 is 10.6 Å². The van der Waals surface area contributed by atoms with Gasteiger partial charge in [0.05, 0.1) is 6.61 Å². The Labute approximate surface area is 207 Å². The van der Waals surface area contributed by atoms with Crippen molar-refractivity contribution in [3.63, 3.8) is 0 Å². The number of nitrogens with one attached hydrogen (secondary N) is 2. The maximum atomic E-state index is 13.7. The number of benzene rings is 2. The van der Waals surface area contributed by atoms with Gasteiger partial charge in [-0.15, -0.1) is 0 Å². The number of hydrogen-bond donors (Lipinski definition) is 3. The molecule has 0 saturated heterocycles. The molecule has 0 aromatic heterocycles. The fourth-order valence-corrected chi connectivity index (χ4v) is 3.90. The maximum absolute atomic E-state index is 13.7. The summed E-state index contributed by atoms with van der Waals surface area (Å²) in [5, 5.41) is 15.3. The summed E-state index contributed by atoms with van der Waals surface area (Å²) >= 11 is 0. The first-order valence-corrected chi connectivity index (χ1v) is 11.7. The summed E-state index contributed by atoms with van der Waals surface area (Å²) in [6.07, 6.45) is -0.825. The lowest BCUT2D eigenvalue weighted by Crippen LogP contribution is -2.54. The Morgan fingerprint density at radius 3 is 2.06 bits per heavy atom. The van der Waals surface area contributed by atoms with Gasteiger partial charge in [0.1, 0.15) is 17.7 Å². The van der Waals surface area contributed by atoms with Crippen molar-refractivity contribution >= 4 is 23.6 Å². The second-order valence-electron chi connectivity index (χ2n) is 9.52. The summed E-state index contributed by atoms with van der Waals surface area (Å²) in [4.78, 5) is 41.0. The third-order valence-corrected chi connectivity index (χ3v) is 5.57. The van der Waals surface area contributed by atoms with Gasteiger partial charge in [0.15, 0.2) is 0 Å². The molecule has 3 amide bonds. The van der Waals surface area contributed by atoms with E-state index in [1.807, 2.05) is 57.2 Å². The van der Waals surface area contributed by atoms with E-state index in [4.69, 9.17) is 4.74 Å². The van der Waals surface area contributed by atoms with Crippen LogP contribution in [0, 0.1) is 20.8 Å². The van der Waals surface area contributed by atoms with Crippen LogP contribution >= 0.6 is 0 Å². The quantitative estimate of drug-likeness (QED) is 0.526. The second-order valence-corrected chi connectivity index (χ2v) is 9.52. The lowest BCUT2D eigenvalue weighted by molar-refractivity contribution is -0.141. The van der Waals surface area contributed by atoms with E-state index in [9.17, 15) is 19.5 Å². The van der Waals surface area contributed by atoms with Gasteiger partial charge in [-0.25, -0.2) is 4.79 Å². The predicted octanol–water partition coefficient (Wildman–Crippen LogP) is 4.03. The molecular weight excluding hydrogens is 446 g/mol. The maximum Gasteiger partial charge on any atom is 0.408 e. The first-order valence-electron chi connectivity index (χ1n) is 11.7. The Hall–Kier alpha value is -3.39. The number of aryl methyl sites for hydroxylation is 3. The van der Waals surface area contributed by atoms with E-state index in [1.54, 1.807) is 33.8 Å². The number of likely N-dealkylation sites (N-methyl/N-ethyl adjacent to an activating group) is 1. The van der Waals surface area contributed by atoms with Gasteiger partial charge >= 0.3 is 6.09 Å². The van der Waals surface area contributed by atoms with Gasteiger partial charge in [0, 0.05) is 12.2 Å². The SMILES string of the molecule is CCN(C(=O)C(CO)NC(=O)OC(C)(C)C)C(C(=O)Nc1ccccc1C)c1c(C)cccc1C. The van der Waals surface area contributed by atoms with Crippen LogP contribution in [0.5, 0.6) is 0 Å². The van der Waals surface area contributed by atoms with Crippen molar-refractivity contribution in [2.24, 2.45) is 0 Å². The van der Waals surface area contributed by atoms with Crippen molar-refractivity contribution in [1.82, 2.24) is 10.2 Å². The molecule has 0 heterocycles. The summed E-state index contributed by atoms with van der Waals surface area (Å²) < 4.78 is 5.25. The van der Waals surface area contributed by atoms with Gasteiger partial charge < -0.3 is 25.4 Å². The Kier molecular flexibility index (Phi) is 9.42. The van der Waals surface area contributed by atoms with Gasteiger partial charge in [-0.1, -0.05) is 36.4 Å². The average molecular weight is 484 g/mol. The van der Waals surface area contributed by atoms with E-state index in [0.717, 1.165) is 16.7 Å². The van der Waals surface area contributed by atoms with Crippen molar-refractivity contribution in [1.29, 1.82) is 0 Å². The van der Waals surface area contributed by atoms with E-state index in [0.29, 0.717) is 11.3 Å². The minimum atomic E-state index is -1.28. The number of para-hydroxylation sites is 1. The zero-order chi connectivity index (χ0) is 26.3. The monoisotopic (exact) mass is 483 g/mol. The zero-order valence-electron chi connectivity index (χ0n) is 21.6. The van der Waals surface area contributed by atoms with Gasteiger partial charge in [-0.3, -0.25) is 9.59 Å². The molecule has 2 unspecified atom stereocenters. The first kappa shape index (κ1) is 27.9. The number of hydrogen-bond acceptors (Lipinski definition) is 5. The molecule has 0 aliphatic heterocycles. The average Bonchev–Trinajstić information content (AvgIpc) is 2.76. The standard InChI is InChI=1S/C27H37N3O5/c1-8-30(25(33)21(16-31)29-26(34)35-27(5,6)7)23(22-18(3)13-11-14-19(22)4)24(32)28-20-15-10-9-12-17(20)2/h9-15,21,23,31H,8,16H2,1-7H3,(H,28,32)(H,29,34). The summed E-state index contributed by atoms with van der Waals surface area (Å²) in [5.41, 5.74) is 3.15. The highest BCUT2D eigenvalue weighted by molar-refractivity contribution is 5.99. The lowest BCUT2D eigenvalue weighted by atomic mass is 9.93. The lowest BCUT2D eigenvalue weighted by Gasteiger charge is -2.34. The molecule has 0 aliphatic carbocycles. The molecule has 190 valence electrons. The van der Waals surface area contributed by atoms with Gasteiger partial charge in [-0.2, -0.15) is 0 Å². The van der Waals surface area contributed by atoms with Crippen LogP contribution in [0.2, 0.25) is 0 Å². The molecule has 2 aromatic rings. The first-order chi connectivity index (χ1) is 16.4. The number of nitrogens with zero attached hydrogens (tertiary/aromatic N) is 1. The molecule has 0 saturated carbocycles. The van der Waals surface area contributed by atoms with Crippen molar-refractivity contribution in [3.8, 4) is 0 Å². The molecule has 2 aromatic carbocycles. The van der Waals surface area contributed by atoms with Crippen molar-refractivity contribution in [3.05, 3.63) is 64.7 Å². The highest BCUT2D eigenvalue weighted by Gasteiger charge is 2.36. The molecule has 2 atom stereocenters. The van der Waals surface area contributed by atoms with E-state index < -0.39 is 36.3 Å². The molecule has 0 aliphatic rings. The number of carbonyl (C=O) groups is 3. The summed E-state index contributed by atoms with van der Waals surface area (Å²) in [5.74, 6) is -0.977. The van der Waals surface area contributed by atoms with Gasteiger partial charge in [0.2, 0.25) is 5.91 Å². The summed E-state index contributed by atoms with van der Waals surface area (Å²) in [6.45, 7) is 12.0. The fourth-order valence-electron chi connectivity index (χ4n) is 3.90. The molecule has 8 nitrogen and oxygen atoms in total. The molecule has 3 N–H and O–H groups in total. The van der Waals surface area contributed by atoms with Crippen LogP contribution in [0.25, 0.3) is 0 Å². The van der Waals surface area contributed by atoms with E-state index in [-0.39, 0.29) is 12.5 Å². The Morgan fingerprint density at radius 1 is 0.971 bits per heavy atom. The number of alkyl carbamates (subject to hydrolysis) is 1. The van der Waals surface area contributed by atoms with Gasteiger partial charge in [-0.05, 0) is 76.8 Å². The molecule has 0 bridgehead atoms. The number of aliphatic hydroxyl groups is 1. The van der Waals surface area contributed by atoms with Crippen LogP contribution in [0.3, 0.4) is 0 Å². The highest BCUT2D eigenvalue weighted by atomic mass is 16.6. The van der Waals surface area contributed by atoms with Crippen molar-refractivity contribution in [2.45, 2.75) is 66.2 Å². The molecule has 35 heavy (non-hydrogen) atoms. The number of carbonyl (C=O) groups excluding carboxylic acids is 3. The summed E-state index contributed by atoms with van der Waals surface area (Å²) in [6, 6.07) is 10.8. The molecule has 0 radical (unpaired) electrons. The van der Waals surface area contributed by atoms with Crippen molar-refractivity contribution < 1.29 is 24.2 Å². The van der Waals surface area contributed by atoms with Crippen LogP contribution in [-0.2, 0) is 14.3 Å². The number of amides is 3. The Balaban J connectivity index is 2.48. The Bertz CT molecular complexity index is 1040. The van der Waals surface area contributed by atoms with Crippen LogP contribution in [0.15, 0.2) is 42.5 Å². The molecule has 8 heteroatoms. The van der Waals surface area contributed by atoms with E-state index in [1.165, 1.54) is 4.90 Å². The number of aliphatic hydroxyl groups excluding tert-OH is 1. The van der Waals surface area contributed by atoms with Crippen LogP contribution in [0.4, 0.5) is 10.5 Å². The van der Waals surface area contributed by atoms with Gasteiger partial charge in [0.25, 0.3) is 5.91 Å². The topological polar surface area (TPSA) is 108 Å². The predicted molar refractivity (Wildman–Crippen MR) is 136 cm³/mol. The molecule has 0 fully saturated rings. The second kappa shape index (κ2) is 11.8. The smallest absolute Gasteiger partial charge is 0.408 e. The minimum Gasteiger partial charge on any atom is -0.444 e. The van der Waals surface area contributed by atoms with E-state index in [2.05, 4.69) is 10.6 Å². The highest BCUT2D eigenvalue weighted by Crippen LogP contribution is 2.30. The normalized spacial score (nSPS) is 12.9. The largest absolute Gasteiger partial charge is 0.444 e. The van der Waals surface area contributed by atoms with Crippen LogP contribution in [0.1, 0.15) is 56.0 Å². The number of rotatable bonds is 8. The van der Waals surface area contributed by atoms with E-state index >= 15 is 0 Å². The summed E-state index contributed by atoms with van der Waals surface area (Å²) in [7, 11) is 0. The third-order valence-electron chi connectivity index (χ3n) is 5.57. The molecular formula is C27H37N3O5. The molecule has 0 spiro atoms. The zero-order valence-corrected chi connectivity index (χ0v) is 21.6.